The SMILES string of the molecule is COC(=O)C(Cc1ccccc1)NCC(NC(=O)OC(C)(C)C)C(C)C. The quantitative estimate of drug-likeness (QED) is 0.694. The van der Waals surface area contributed by atoms with Crippen LogP contribution in [0.25, 0.3) is 0 Å². The highest BCUT2D eigenvalue weighted by Gasteiger charge is 2.25. The van der Waals surface area contributed by atoms with Gasteiger partial charge >= 0.3 is 12.1 Å². The lowest BCUT2D eigenvalue weighted by Gasteiger charge is -2.27. The van der Waals surface area contributed by atoms with Crippen LogP contribution in [0.1, 0.15) is 40.2 Å². The average molecular weight is 364 g/mol. The Hall–Kier alpha value is -2.08. The summed E-state index contributed by atoms with van der Waals surface area (Å²) in [5, 5.41) is 6.10. The summed E-state index contributed by atoms with van der Waals surface area (Å²) in [4.78, 5) is 24.2. The Morgan fingerprint density at radius 2 is 1.73 bits per heavy atom. The largest absolute Gasteiger partial charge is 0.468 e. The number of nitrogens with one attached hydrogen (secondary N) is 2. The summed E-state index contributed by atoms with van der Waals surface area (Å²) in [7, 11) is 1.38. The van der Waals surface area contributed by atoms with Gasteiger partial charge in [0.15, 0.2) is 0 Å². The van der Waals surface area contributed by atoms with Gasteiger partial charge in [0.1, 0.15) is 11.6 Å². The summed E-state index contributed by atoms with van der Waals surface area (Å²) in [5.74, 6) is -0.154. The first-order chi connectivity index (χ1) is 12.1. The van der Waals surface area contributed by atoms with Gasteiger partial charge in [-0.25, -0.2) is 4.79 Å². The first-order valence-corrected chi connectivity index (χ1v) is 8.97. The third kappa shape index (κ3) is 8.34. The maximum atomic E-state index is 12.1. The van der Waals surface area contributed by atoms with E-state index in [2.05, 4.69) is 10.6 Å². The van der Waals surface area contributed by atoms with Crippen molar-refractivity contribution in [1.82, 2.24) is 10.6 Å². The molecular weight excluding hydrogens is 332 g/mol. The second kappa shape index (κ2) is 10.2. The van der Waals surface area contributed by atoms with E-state index in [-0.39, 0.29) is 17.9 Å². The molecule has 26 heavy (non-hydrogen) atoms. The molecule has 0 radical (unpaired) electrons. The van der Waals surface area contributed by atoms with E-state index in [1.54, 1.807) is 0 Å². The molecule has 0 heterocycles. The number of alkyl carbamates (subject to hydrolysis) is 1. The van der Waals surface area contributed by atoms with E-state index in [0.29, 0.717) is 13.0 Å². The predicted molar refractivity (Wildman–Crippen MR) is 102 cm³/mol. The molecule has 0 aliphatic heterocycles. The second-order valence-corrected chi connectivity index (χ2v) is 7.67. The van der Waals surface area contributed by atoms with Gasteiger partial charge < -0.3 is 20.1 Å². The zero-order valence-electron chi connectivity index (χ0n) is 16.7. The van der Waals surface area contributed by atoms with Gasteiger partial charge in [0.2, 0.25) is 0 Å². The van der Waals surface area contributed by atoms with Crippen LogP contribution in [0, 0.1) is 5.92 Å². The Kier molecular flexibility index (Phi) is 8.58. The molecular formula is C20H32N2O4. The summed E-state index contributed by atoms with van der Waals surface area (Å²) in [5.41, 5.74) is 0.484. The van der Waals surface area contributed by atoms with E-state index in [0.717, 1.165) is 5.56 Å². The third-order valence-electron chi connectivity index (χ3n) is 3.86. The van der Waals surface area contributed by atoms with Gasteiger partial charge in [0.25, 0.3) is 0 Å². The Morgan fingerprint density at radius 3 is 2.23 bits per heavy atom. The van der Waals surface area contributed by atoms with Crippen molar-refractivity contribution in [3.63, 3.8) is 0 Å². The number of methoxy groups -OCH3 is 1. The first kappa shape index (κ1) is 22.0. The number of benzene rings is 1. The third-order valence-corrected chi connectivity index (χ3v) is 3.86. The fourth-order valence-corrected chi connectivity index (χ4v) is 2.41. The van der Waals surface area contributed by atoms with Crippen LogP contribution in [0.15, 0.2) is 30.3 Å². The highest BCUT2D eigenvalue weighted by Crippen LogP contribution is 2.09. The average Bonchev–Trinajstić information content (AvgIpc) is 2.55. The minimum atomic E-state index is -0.555. The van der Waals surface area contributed by atoms with Crippen molar-refractivity contribution in [2.24, 2.45) is 5.92 Å². The van der Waals surface area contributed by atoms with Crippen molar-refractivity contribution in [2.75, 3.05) is 13.7 Å². The first-order valence-electron chi connectivity index (χ1n) is 8.97. The van der Waals surface area contributed by atoms with Gasteiger partial charge in [-0.2, -0.15) is 0 Å². The molecule has 2 unspecified atom stereocenters. The lowest BCUT2D eigenvalue weighted by Crippen LogP contribution is -2.51. The highest BCUT2D eigenvalue weighted by molar-refractivity contribution is 5.76. The van der Waals surface area contributed by atoms with Crippen LogP contribution in [0.5, 0.6) is 0 Å². The molecule has 0 spiro atoms. The Balaban J connectivity index is 2.70. The Bertz CT molecular complexity index is 567. The van der Waals surface area contributed by atoms with E-state index in [1.165, 1.54) is 7.11 Å². The van der Waals surface area contributed by atoms with Crippen molar-refractivity contribution < 1.29 is 19.1 Å². The van der Waals surface area contributed by atoms with Crippen LogP contribution in [0.4, 0.5) is 4.79 Å². The normalized spacial score (nSPS) is 13.8. The predicted octanol–water partition coefficient (Wildman–Crippen LogP) is 2.91. The molecule has 6 heteroatoms. The molecule has 2 N–H and O–H groups in total. The fraction of sp³-hybridized carbons (Fsp3) is 0.600. The van der Waals surface area contributed by atoms with Crippen LogP contribution in [0.3, 0.4) is 0 Å². The number of carbonyl (C=O) groups is 2. The maximum Gasteiger partial charge on any atom is 0.407 e. The van der Waals surface area contributed by atoms with Crippen molar-refractivity contribution in [1.29, 1.82) is 0 Å². The summed E-state index contributed by atoms with van der Waals surface area (Å²) in [6, 6.07) is 9.09. The summed E-state index contributed by atoms with van der Waals surface area (Å²) < 4.78 is 10.2. The molecule has 146 valence electrons. The summed E-state index contributed by atoms with van der Waals surface area (Å²) >= 11 is 0. The van der Waals surface area contributed by atoms with Crippen LogP contribution in [-0.2, 0) is 20.7 Å². The van der Waals surface area contributed by atoms with Crippen LogP contribution >= 0.6 is 0 Å². The standard InChI is InChI=1S/C20H32N2O4/c1-14(2)17(22-19(24)26-20(3,4)5)13-21-16(18(23)25-6)12-15-10-8-7-9-11-15/h7-11,14,16-17,21H,12-13H2,1-6H3,(H,22,24). The fourth-order valence-electron chi connectivity index (χ4n) is 2.41. The lowest BCUT2D eigenvalue weighted by molar-refractivity contribution is -0.143. The smallest absolute Gasteiger partial charge is 0.407 e. The molecule has 0 aliphatic carbocycles. The number of hydrogen-bond acceptors (Lipinski definition) is 5. The number of rotatable bonds is 8. The molecule has 0 bridgehead atoms. The zero-order valence-corrected chi connectivity index (χ0v) is 16.7. The maximum absolute atomic E-state index is 12.1. The Morgan fingerprint density at radius 1 is 1.12 bits per heavy atom. The molecule has 1 aromatic carbocycles. The van der Waals surface area contributed by atoms with E-state index in [9.17, 15) is 9.59 Å². The molecule has 1 rings (SSSR count). The van der Waals surface area contributed by atoms with Crippen LogP contribution < -0.4 is 10.6 Å². The van der Waals surface area contributed by atoms with Crippen molar-refractivity contribution in [3.05, 3.63) is 35.9 Å². The number of amides is 1. The summed E-state index contributed by atoms with van der Waals surface area (Å²) in [6.07, 6.45) is 0.0563. The van der Waals surface area contributed by atoms with Crippen LogP contribution in [-0.4, -0.2) is 43.4 Å². The van der Waals surface area contributed by atoms with E-state index < -0.39 is 17.7 Å². The van der Waals surface area contributed by atoms with E-state index in [1.807, 2.05) is 65.0 Å². The zero-order chi connectivity index (χ0) is 19.7. The number of carbonyl (C=O) groups excluding carboxylic acids is 2. The molecule has 0 saturated heterocycles. The Labute approximate surface area is 156 Å². The molecule has 0 saturated carbocycles. The van der Waals surface area contributed by atoms with E-state index in [4.69, 9.17) is 9.47 Å². The van der Waals surface area contributed by atoms with Gasteiger partial charge in [-0.1, -0.05) is 44.2 Å². The monoisotopic (exact) mass is 364 g/mol. The molecule has 0 aromatic heterocycles. The molecule has 0 aliphatic rings. The minimum Gasteiger partial charge on any atom is -0.468 e. The van der Waals surface area contributed by atoms with Gasteiger partial charge in [0.05, 0.1) is 7.11 Å². The van der Waals surface area contributed by atoms with Gasteiger partial charge in [0, 0.05) is 12.6 Å². The molecule has 0 fully saturated rings. The number of esters is 1. The molecule has 6 nitrogen and oxygen atoms in total. The summed E-state index contributed by atoms with van der Waals surface area (Å²) in [6.45, 7) is 9.92. The van der Waals surface area contributed by atoms with Gasteiger partial charge in [-0.3, -0.25) is 4.79 Å². The highest BCUT2D eigenvalue weighted by atomic mass is 16.6. The van der Waals surface area contributed by atoms with Gasteiger partial charge in [-0.05, 0) is 38.7 Å². The lowest BCUT2D eigenvalue weighted by atomic mass is 10.0. The van der Waals surface area contributed by atoms with E-state index >= 15 is 0 Å². The molecule has 2 atom stereocenters. The van der Waals surface area contributed by atoms with Gasteiger partial charge in [-0.15, -0.1) is 0 Å². The second-order valence-electron chi connectivity index (χ2n) is 7.67. The van der Waals surface area contributed by atoms with Crippen LogP contribution in [0.2, 0.25) is 0 Å². The number of hydrogen-bond donors (Lipinski definition) is 2. The number of ether oxygens (including phenoxy) is 2. The van der Waals surface area contributed by atoms with Crippen molar-refractivity contribution >= 4 is 12.1 Å². The molecule has 1 aromatic rings. The van der Waals surface area contributed by atoms with Crippen molar-refractivity contribution in [3.8, 4) is 0 Å². The topological polar surface area (TPSA) is 76.7 Å². The van der Waals surface area contributed by atoms with Crippen molar-refractivity contribution in [2.45, 2.75) is 58.7 Å². The molecule has 1 amide bonds. The minimum absolute atomic E-state index is 0.171.